The van der Waals surface area contributed by atoms with Crippen LogP contribution in [0.25, 0.3) is 0 Å². The molecule has 8 nitrogen and oxygen atoms in total. The number of carbonyl (C=O) groups excluding carboxylic acids is 1. The number of hydrogen-bond donors (Lipinski definition) is 3. The molecule has 1 heterocycles. The normalized spacial score (nSPS) is 11.2. The number of nitrogens with one attached hydrogen (secondary N) is 3. The number of benzene rings is 2. The maximum atomic E-state index is 13.1. The predicted molar refractivity (Wildman–Crippen MR) is 108 cm³/mol. The zero-order chi connectivity index (χ0) is 21.0. The number of aromatic nitrogens is 3. The van der Waals surface area contributed by atoms with Crippen LogP contribution in [0, 0.1) is 10.6 Å². The smallest absolute Gasteiger partial charge is 0.261 e. The van der Waals surface area contributed by atoms with Gasteiger partial charge in [0.1, 0.15) is 5.82 Å². The molecule has 0 aliphatic heterocycles. The molecule has 0 aliphatic rings. The number of carbonyl (C=O) groups is 1. The van der Waals surface area contributed by atoms with Gasteiger partial charge in [-0.15, -0.1) is 0 Å². The van der Waals surface area contributed by atoms with Gasteiger partial charge in [0.2, 0.25) is 0 Å². The molecule has 0 aliphatic carbocycles. The largest absolute Gasteiger partial charge is 0.345 e. The van der Waals surface area contributed by atoms with Crippen LogP contribution in [0.5, 0.6) is 0 Å². The Morgan fingerprint density at radius 2 is 1.90 bits per heavy atom. The van der Waals surface area contributed by atoms with Crippen molar-refractivity contribution in [3.8, 4) is 0 Å². The van der Waals surface area contributed by atoms with Crippen molar-refractivity contribution in [3.05, 3.63) is 70.5 Å². The number of anilines is 1. The second-order valence-electron chi connectivity index (χ2n) is 5.98. The Morgan fingerprint density at radius 1 is 1.21 bits per heavy atom. The Balaban J connectivity index is 1.80. The summed E-state index contributed by atoms with van der Waals surface area (Å²) < 4.78 is 42.7. The van der Waals surface area contributed by atoms with Crippen molar-refractivity contribution in [1.29, 1.82) is 0 Å². The zero-order valence-electron chi connectivity index (χ0n) is 15.3. The van der Waals surface area contributed by atoms with Crippen molar-refractivity contribution in [1.82, 2.24) is 20.1 Å². The minimum Gasteiger partial charge on any atom is -0.345 e. The lowest BCUT2D eigenvalue weighted by Gasteiger charge is -2.13. The van der Waals surface area contributed by atoms with Gasteiger partial charge in [-0.3, -0.25) is 14.6 Å². The van der Waals surface area contributed by atoms with E-state index in [0.717, 1.165) is 24.3 Å². The molecule has 11 heteroatoms. The van der Waals surface area contributed by atoms with Crippen LogP contribution in [-0.4, -0.2) is 29.1 Å². The molecule has 1 aromatic heterocycles. The minimum atomic E-state index is -3.99. The van der Waals surface area contributed by atoms with E-state index in [1.54, 1.807) is 16.7 Å². The fourth-order valence-corrected chi connectivity index (χ4v) is 4.01. The first-order valence-electron chi connectivity index (χ1n) is 8.61. The summed E-state index contributed by atoms with van der Waals surface area (Å²) in [6.45, 7) is 2.60. The maximum Gasteiger partial charge on any atom is 0.261 e. The van der Waals surface area contributed by atoms with E-state index in [1.165, 1.54) is 12.1 Å². The lowest BCUT2D eigenvalue weighted by molar-refractivity contribution is 0.0950. The van der Waals surface area contributed by atoms with Gasteiger partial charge in [-0.05, 0) is 55.5 Å². The van der Waals surface area contributed by atoms with E-state index < -0.39 is 21.7 Å². The molecular weight excluding hydrogens is 417 g/mol. The molecule has 0 saturated heterocycles. The Morgan fingerprint density at radius 3 is 2.59 bits per heavy atom. The maximum absolute atomic E-state index is 13.1. The monoisotopic (exact) mass is 435 g/mol. The van der Waals surface area contributed by atoms with Crippen LogP contribution in [-0.2, 0) is 23.1 Å². The third kappa shape index (κ3) is 4.69. The predicted octanol–water partition coefficient (Wildman–Crippen LogP) is 2.83. The lowest BCUT2D eigenvalue weighted by Crippen LogP contribution is -2.26. The molecule has 0 atom stereocenters. The Hall–Kier alpha value is -3.05. The van der Waals surface area contributed by atoms with Gasteiger partial charge in [0, 0.05) is 6.54 Å². The average molecular weight is 436 g/mol. The first kappa shape index (κ1) is 20.7. The van der Waals surface area contributed by atoms with E-state index in [2.05, 4.69) is 20.2 Å². The summed E-state index contributed by atoms with van der Waals surface area (Å²) in [7, 11) is -3.99. The highest BCUT2D eigenvalue weighted by atomic mass is 32.2. The summed E-state index contributed by atoms with van der Waals surface area (Å²) in [4.78, 5) is 12.5. The van der Waals surface area contributed by atoms with Gasteiger partial charge in [-0.2, -0.15) is 5.10 Å². The molecule has 3 aromatic rings. The van der Waals surface area contributed by atoms with Gasteiger partial charge in [-0.1, -0.05) is 12.1 Å². The van der Waals surface area contributed by atoms with Crippen LogP contribution in [0.1, 0.15) is 23.1 Å². The number of rotatable bonds is 7. The van der Waals surface area contributed by atoms with E-state index in [-0.39, 0.29) is 22.7 Å². The molecular formula is C18H18FN5O3S2. The highest BCUT2D eigenvalue weighted by molar-refractivity contribution is 7.92. The molecule has 152 valence electrons. The number of halogens is 1. The van der Waals surface area contributed by atoms with Gasteiger partial charge < -0.3 is 9.88 Å². The summed E-state index contributed by atoms with van der Waals surface area (Å²) in [5.41, 5.74) is 0.235. The topological polar surface area (TPSA) is 109 Å². The summed E-state index contributed by atoms with van der Waals surface area (Å²) in [5, 5.41) is 9.44. The lowest BCUT2D eigenvalue weighted by atomic mass is 10.1. The molecule has 0 spiro atoms. The summed E-state index contributed by atoms with van der Waals surface area (Å²) in [6.07, 6.45) is 0. The van der Waals surface area contributed by atoms with Crippen LogP contribution in [0.4, 0.5) is 10.1 Å². The van der Waals surface area contributed by atoms with E-state index in [4.69, 9.17) is 12.2 Å². The zero-order valence-corrected chi connectivity index (χ0v) is 17.0. The molecule has 1 amide bonds. The highest BCUT2D eigenvalue weighted by Gasteiger charge is 2.19. The molecule has 29 heavy (non-hydrogen) atoms. The first-order valence-corrected chi connectivity index (χ1v) is 10.5. The third-order valence-corrected chi connectivity index (χ3v) is 5.79. The van der Waals surface area contributed by atoms with Crippen LogP contribution >= 0.6 is 12.2 Å². The number of amides is 1. The van der Waals surface area contributed by atoms with Crippen LogP contribution in [0.2, 0.25) is 0 Å². The Bertz CT molecular complexity index is 1190. The molecule has 3 rings (SSSR count). The second-order valence-corrected chi connectivity index (χ2v) is 8.05. The average Bonchev–Trinajstić information content (AvgIpc) is 3.06. The molecule has 0 fully saturated rings. The molecule has 3 N–H and O–H groups in total. The molecule has 2 aromatic carbocycles. The Kier molecular flexibility index (Phi) is 6.09. The fourth-order valence-electron chi connectivity index (χ4n) is 2.65. The number of H-pyrrole nitrogens is 1. The highest BCUT2D eigenvalue weighted by Crippen LogP contribution is 2.20. The van der Waals surface area contributed by atoms with Crippen molar-refractivity contribution in [2.24, 2.45) is 0 Å². The minimum absolute atomic E-state index is 0.101. The van der Waals surface area contributed by atoms with Gasteiger partial charge in [0.15, 0.2) is 10.6 Å². The number of para-hydroxylation sites is 1. The molecule has 0 unspecified atom stereocenters. The van der Waals surface area contributed by atoms with Crippen molar-refractivity contribution in [3.63, 3.8) is 0 Å². The standard InChI is InChI=1S/C18H18FN5O3S2/c1-2-24-16(21-22-18(24)28)11-20-17(25)14-5-3-4-6-15(14)23-29(26,27)13-9-7-12(19)8-10-13/h3-10,23H,2,11H2,1H3,(H,20,25)(H,22,28). The van der Waals surface area contributed by atoms with Crippen molar-refractivity contribution in [2.75, 3.05) is 4.72 Å². The quantitative estimate of drug-likeness (QED) is 0.495. The van der Waals surface area contributed by atoms with Gasteiger partial charge >= 0.3 is 0 Å². The van der Waals surface area contributed by atoms with Crippen LogP contribution in [0.15, 0.2) is 53.4 Å². The summed E-state index contributed by atoms with van der Waals surface area (Å²) >= 11 is 5.11. The van der Waals surface area contributed by atoms with E-state index in [1.807, 2.05) is 6.92 Å². The van der Waals surface area contributed by atoms with Gasteiger partial charge in [0.25, 0.3) is 15.9 Å². The number of hydrogen-bond acceptors (Lipinski definition) is 5. The van der Waals surface area contributed by atoms with Crippen molar-refractivity contribution >= 4 is 33.8 Å². The van der Waals surface area contributed by atoms with Crippen molar-refractivity contribution in [2.45, 2.75) is 24.9 Å². The number of nitrogens with zero attached hydrogens (tertiary/aromatic N) is 2. The SMILES string of the molecule is CCn1c(CNC(=O)c2ccccc2NS(=O)(=O)c2ccc(F)cc2)n[nH]c1=S. The number of sulfonamides is 1. The van der Waals surface area contributed by atoms with Crippen LogP contribution in [0.3, 0.4) is 0 Å². The third-order valence-electron chi connectivity index (χ3n) is 4.10. The molecule has 0 bridgehead atoms. The summed E-state index contributed by atoms with van der Waals surface area (Å²) in [6, 6.07) is 10.6. The van der Waals surface area contributed by atoms with Gasteiger partial charge in [0.05, 0.1) is 22.7 Å². The van der Waals surface area contributed by atoms with E-state index in [0.29, 0.717) is 17.1 Å². The first-order chi connectivity index (χ1) is 13.8. The summed E-state index contributed by atoms with van der Waals surface area (Å²) in [5.74, 6) is -0.483. The second kappa shape index (κ2) is 8.53. The van der Waals surface area contributed by atoms with E-state index in [9.17, 15) is 17.6 Å². The number of aromatic amines is 1. The molecule has 0 radical (unpaired) electrons. The van der Waals surface area contributed by atoms with Crippen LogP contribution < -0.4 is 10.0 Å². The van der Waals surface area contributed by atoms with Crippen molar-refractivity contribution < 1.29 is 17.6 Å². The fraction of sp³-hybridized carbons (Fsp3) is 0.167. The Labute approximate surface area is 171 Å². The molecule has 0 saturated carbocycles. The van der Waals surface area contributed by atoms with E-state index >= 15 is 0 Å². The van der Waals surface area contributed by atoms with Gasteiger partial charge in [-0.25, -0.2) is 12.8 Å².